The average Bonchev–Trinajstić information content (AvgIpc) is 2.68. The molecule has 0 saturated heterocycles. The number of hydrogen-bond acceptors (Lipinski definition) is 5. The molecule has 6 heteroatoms. The van der Waals surface area contributed by atoms with E-state index in [0.29, 0.717) is 17.3 Å². The van der Waals surface area contributed by atoms with Crippen molar-refractivity contribution in [1.82, 2.24) is 15.6 Å². The number of rotatable bonds is 5. The Hall–Kier alpha value is -1.43. The molecule has 2 N–H and O–H groups in total. The molecule has 0 aromatic carbocycles. The molecule has 1 aliphatic carbocycles. The summed E-state index contributed by atoms with van der Waals surface area (Å²) in [5.41, 5.74) is 1.23. The molecular weight excluding hydrogens is 234 g/mol. The number of carbonyl (C=O) groups excluding carboxylic acids is 1. The van der Waals surface area contributed by atoms with Crippen LogP contribution in [0.2, 0.25) is 0 Å². The van der Waals surface area contributed by atoms with Crippen LogP contribution in [0.25, 0.3) is 0 Å². The van der Waals surface area contributed by atoms with Crippen molar-refractivity contribution in [1.29, 1.82) is 0 Å². The van der Waals surface area contributed by atoms with Gasteiger partial charge in [0.15, 0.2) is 0 Å². The van der Waals surface area contributed by atoms with E-state index >= 15 is 0 Å². The normalized spacial score (nSPS) is 24.4. The van der Waals surface area contributed by atoms with Crippen LogP contribution in [-0.4, -0.2) is 33.5 Å². The summed E-state index contributed by atoms with van der Waals surface area (Å²) in [4.78, 5) is 11.9. The molecule has 100 valence electrons. The van der Waals surface area contributed by atoms with Crippen LogP contribution in [0.5, 0.6) is 0 Å². The first-order valence-corrected chi connectivity index (χ1v) is 6.35. The minimum Gasteiger partial charge on any atom is -0.393 e. The highest BCUT2D eigenvalue weighted by Crippen LogP contribution is 2.31. The van der Waals surface area contributed by atoms with Gasteiger partial charge in [-0.1, -0.05) is 17.2 Å². The van der Waals surface area contributed by atoms with E-state index in [1.54, 1.807) is 6.92 Å². The summed E-state index contributed by atoms with van der Waals surface area (Å²) in [6.07, 6.45) is 2.44. The summed E-state index contributed by atoms with van der Waals surface area (Å²) >= 11 is 0. The molecule has 0 bridgehead atoms. The van der Waals surface area contributed by atoms with Crippen LogP contribution in [-0.2, 0) is 11.2 Å². The minimum atomic E-state index is -0.192. The van der Waals surface area contributed by atoms with Gasteiger partial charge in [-0.15, -0.1) is 0 Å². The van der Waals surface area contributed by atoms with Gasteiger partial charge in [-0.05, 0) is 32.1 Å². The Morgan fingerprint density at radius 1 is 1.56 bits per heavy atom. The summed E-state index contributed by atoms with van der Waals surface area (Å²) in [7, 11) is 0. The van der Waals surface area contributed by atoms with Crippen molar-refractivity contribution in [3.05, 3.63) is 11.4 Å². The van der Waals surface area contributed by atoms with Crippen molar-refractivity contribution in [2.24, 2.45) is 5.92 Å². The lowest BCUT2D eigenvalue weighted by molar-refractivity contribution is -0.122. The molecule has 1 atom stereocenters. The fourth-order valence-electron chi connectivity index (χ4n) is 2.33. The Bertz CT molecular complexity index is 412. The van der Waals surface area contributed by atoms with Gasteiger partial charge in [0.05, 0.1) is 12.5 Å². The predicted molar refractivity (Wildman–Crippen MR) is 63.7 cm³/mol. The fraction of sp³-hybridized carbons (Fsp3) is 0.750. The number of aromatic nitrogens is 2. The molecule has 18 heavy (non-hydrogen) atoms. The third-order valence-corrected chi connectivity index (χ3v) is 3.58. The number of nitrogens with zero attached hydrogens (tertiary/aromatic N) is 2. The first-order chi connectivity index (χ1) is 8.60. The molecule has 0 radical (unpaired) electrons. The van der Waals surface area contributed by atoms with Gasteiger partial charge in [0.1, 0.15) is 11.4 Å². The molecule has 0 aliphatic heterocycles. The second kappa shape index (κ2) is 5.48. The lowest BCUT2D eigenvalue weighted by Gasteiger charge is -2.37. The average molecular weight is 253 g/mol. The van der Waals surface area contributed by atoms with Crippen LogP contribution >= 0.6 is 0 Å². The van der Waals surface area contributed by atoms with Crippen molar-refractivity contribution in [3.63, 3.8) is 0 Å². The molecule has 1 aromatic heterocycles. The Labute approximate surface area is 106 Å². The SMILES string of the molecule is CC[C@H](NC(=O)Cc1nonc1C)C1CC(O)C1. The molecule has 1 saturated carbocycles. The molecule has 2 rings (SSSR count). The van der Waals surface area contributed by atoms with Crippen molar-refractivity contribution >= 4 is 5.91 Å². The zero-order chi connectivity index (χ0) is 13.1. The molecular formula is C12H19N3O3. The van der Waals surface area contributed by atoms with Crippen LogP contribution in [0.3, 0.4) is 0 Å². The Morgan fingerprint density at radius 2 is 2.28 bits per heavy atom. The molecule has 0 spiro atoms. The fourth-order valence-corrected chi connectivity index (χ4v) is 2.33. The number of aliphatic hydroxyl groups excluding tert-OH is 1. The number of aryl methyl sites for hydroxylation is 1. The van der Waals surface area contributed by atoms with Crippen molar-refractivity contribution in [2.45, 2.75) is 51.7 Å². The topological polar surface area (TPSA) is 88.3 Å². The zero-order valence-corrected chi connectivity index (χ0v) is 10.7. The number of aliphatic hydroxyl groups is 1. The van der Waals surface area contributed by atoms with Crippen molar-refractivity contribution in [3.8, 4) is 0 Å². The van der Waals surface area contributed by atoms with Gasteiger partial charge in [0, 0.05) is 6.04 Å². The highest BCUT2D eigenvalue weighted by atomic mass is 16.6. The second-order valence-corrected chi connectivity index (χ2v) is 4.94. The Kier molecular flexibility index (Phi) is 3.96. The van der Waals surface area contributed by atoms with Gasteiger partial charge in [0.25, 0.3) is 0 Å². The van der Waals surface area contributed by atoms with Gasteiger partial charge in [-0.3, -0.25) is 4.79 Å². The number of amides is 1. The number of carbonyl (C=O) groups is 1. The van der Waals surface area contributed by atoms with Crippen molar-refractivity contribution in [2.75, 3.05) is 0 Å². The van der Waals surface area contributed by atoms with Crippen LogP contribution in [0.1, 0.15) is 37.6 Å². The molecule has 1 aliphatic rings. The third kappa shape index (κ3) is 2.87. The van der Waals surface area contributed by atoms with Gasteiger partial charge in [-0.25, -0.2) is 4.63 Å². The monoisotopic (exact) mass is 253 g/mol. The van der Waals surface area contributed by atoms with E-state index in [1.165, 1.54) is 0 Å². The number of hydrogen-bond donors (Lipinski definition) is 2. The standard InChI is InChI=1S/C12H19N3O3/c1-3-10(8-4-9(16)5-8)13-12(17)6-11-7(2)14-18-15-11/h8-10,16H,3-6H2,1-2H3,(H,13,17)/t8?,9?,10-/m0/s1. The quantitative estimate of drug-likeness (QED) is 0.801. The summed E-state index contributed by atoms with van der Waals surface area (Å²) in [5, 5.41) is 19.6. The van der Waals surface area contributed by atoms with Gasteiger partial charge in [0.2, 0.25) is 5.91 Å². The van der Waals surface area contributed by atoms with Crippen LogP contribution in [0.4, 0.5) is 0 Å². The molecule has 1 amide bonds. The van der Waals surface area contributed by atoms with E-state index in [9.17, 15) is 9.90 Å². The van der Waals surface area contributed by atoms with Crippen LogP contribution in [0.15, 0.2) is 4.63 Å². The van der Waals surface area contributed by atoms with E-state index in [2.05, 4.69) is 20.3 Å². The number of nitrogens with one attached hydrogen (secondary N) is 1. The van der Waals surface area contributed by atoms with Crippen LogP contribution < -0.4 is 5.32 Å². The maximum Gasteiger partial charge on any atom is 0.226 e. The van der Waals surface area contributed by atoms with Crippen LogP contribution in [0, 0.1) is 12.8 Å². The molecule has 0 unspecified atom stereocenters. The largest absolute Gasteiger partial charge is 0.393 e. The van der Waals surface area contributed by atoms with E-state index in [1.807, 2.05) is 6.92 Å². The smallest absolute Gasteiger partial charge is 0.226 e. The molecule has 6 nitrogen and oxygen atoms in total. The third-order valence-electron chi connectivity index (χ3n) is 3.58. The summed E-state index contributed by atoms with van der Waals surface area (Å²) in [5.74, 6) is 0.326. The van der Waals surface area contributed by atoms with E-state index in [-0.39, 0.29) is 24.5 Å². The minimum absolute atomic E-state index is 0.0676. The Morgan fingerprint density at radius 3 is 2.78 bits per heavy atom. The highest BCUT2D eigenvalue weighted by molar-refractivity contribution is 5.78. The first-order valence-electron chi connectivity index (χ1n) is 6.35. The van der Waals surface area contributed by atoms with E-state index < -0.39 is 0 Å². The van der Waals surface area contributed by atoms with E-state index in [0.717, 1.165) is 19.3 Å². The highest BCUT2D eigenvalue weighted by Gasteiger charge is 2.33. The first kappa shape index (κ1) is 13.0. The predicted octanol–water partition coefficient (Wildman–Crippen LogP) is 0.586. The molecule has 1 aromatic rings. The molecule has 1 heterocycles. The maximum absolute atomic E-state index is 11.9. The lowest BCUT2D eigenvalue weighted by Crippen LogP contribution is -2.47. The second-order valence-electron chi connectivity index (χ2n) is 4.94. The summed E-state index contributed by atoms with van der Waals surface area (Å²) < 4.78 is 4.56. The van der Waals surface area contributed by atoms with Gasteiger partial charge >= 0.3 is 0 Å². The summed E-state index contributed by atoms with van der Waals surface area (Å²) in [6.45, 7) is 3.80. The lowest BCUT2D eigenvalue weighted by atomic mass is 9.76. The Balaban J connectivity index is 1.84. The zero-order valence-electron chi connectivity index (χ0n) is 10.7. The van der Waals surface area contributed by atoms with Gasteiger partial charge in [-0.2, -0.15) is 0 Å². The maximum atomic E-state index is 11.9. The van der Waals surface area contributed by atoms with Crippen molar-refractivity contribution < 1.29 is 14.5 Å². The summed E-state index contributed by atoms with van der Waals surface area (Å²) in [6, 6.07) is 0.140. The van der Waals surface area contributed by atoms with E-state index in [4.69, 9.17) is 0 Å². The van der Waals surface area contributed by atoms with Gasteiger partial charge < -0.3 is 10.4 Å². The molecule has 1 fully saturated rings.